The summed E-state index contributed by atoms with van der Waals surface area (Å²) in [6.45, 7) is 1.83. The first kappa shape index (κ1) is 18.9. The van der Waals surface area contributed by atoms with Crippen molar-refractivity contribution in [3.63, 3.8) is 0 Å². The lowest BCUT2D eigenvalue weighted by atomic mass is 9.52. The van der Waals surface area contributed by atoms with E-state index in [0.29, 0.717) is 48.6 Å². The Morgan fingerprint density at radius 3 is 2.72 bits per heavy atom. The minimum absolute atomic E-state index is 0.0605. The average Bonchev–Trinajstić information content (AvgIpc) is 3.08. The Balaban J connectivity index is 1.18. The summed E-state index contributed by atoms with van der Waals surface area (Å²) < 4.78 is 5.80. The second kappa shape index (κ2) is 7.31. The molecule has 6 heteroatoms. The molecular formula is C23H30N2O4. The van der Waals surface area contributed by atoms with Crippen molar-refractivity contribution >= 4 is 11.8 Å². The Kier molecular flexibility index (Phi) is 4.77. The molecule has 4 bridgehead atoms. The first-order chi connectivity index (χ1) is 14.0. The van der Waals surface area contributed by atoms with E-state index >= 15 is 0 Å². The van der Waals surface area contributed by atoms with Crippen LogP contribution >= 0.6 is 0 Å². The number of nitrogens with zero attached hydrogens (tertiary/aromatic N) is 1. The third-order valence-corrected chi connectivity index (χ3v) is 7.44. The van der Waals surface area contributed by atoms with Crippen LogP contribution in [0.1, 0.15) is 55.3 Å². The lowest BCUT2D eigenvalue weighted by molar-refractivity contribution is -0.137. The third-order valence-electron chi connectivity index (χ3n) is 7.44. The minimum atomic E-state index is -0.484. The van der Waals surface area contributed by atoms with Crippen molar-refractivity contribution in [1.82, 2.24) is 10.2 Å². The lowest BCUT2D eigenvalue weighted by Crippen LogP contribution is -2.61. The SMILES string of the molecule is O=C(NC1C2CC3CC1CC(O)(C3)C2)c1cccc(OCCN2CCCC2=O)c1. The standard InChI is InChI=1S/C23H30N2O4/c26-20-5-2-6-25(20)7-8-29-19-4-1-3-16(11-19)22(27)24-21-17-9-15-10-18(21)14-23(28,12-15)13-17/h1,3-4,11,15,17-18,21,28H,2,5-10,12-14H2,(H,24,27). The molecule has 1 aromatic carbocycles. The first-order valence-corrected chi connectivity index (χ1v) is 11.0. The van der Waals surface area contributed by atoms with Gasteiger partial charge in [-0.2, -0.15) is 0 Å². The van der Waals surface area contributed by atoms with Crippen molar-refractivity contribution in [2.24, 2.45) is 17.8 Å². The molecule has 0 aromatic heterocycles. The second-order valence-electron chi connectivity index (χ2n) is 9.55. The summed E-state index contributed by atoms with van der Waals surface area (Å²) in [6, 6.07) is 7.46. The monoisotopic (exact) mass is 398 g/mol. The van der Waals surface area contributed by atoms with E-state index in [-0.39, 0.29) is 17.9 Å². The summed E-state index contributed by atoms with van der Waals surface area (Å²) in [6.07, 6.45) is 6.41. The van der Waals surface area contributed by atoms with Gasteiger partial charge in [0.25, 0.3) is 5.91 Å². The van der Waals surface area contributed by atoms with E-state index < -0.39 is 5.60 Å². The van der Waals surface area contributed by atoms with Crippen molar-refractivity contribution in [2.75, 3.05) is 19.7 Å². The Labute approximate surface area is 171 Å². The van der Waals surface area contributed by atoms with E-state index in [1.807, 2.05) is 23.1 Å². The number of likely N-dealkylation sites (tertiary alicyclic amines) is 1. The molecule has 6 nitrogen and oxygen atoms in total. The maximum Gasteiger partial charge on any atom is 0.251 e. The highest BCUT2D eigenvalue weighted by molar-refractivity contribution is 5.94. The van der Waals surface area contributed by atoms with Crippen LogP contribution in [-0.4, -0.2) is 53.2 Å². The van der Waals surface area contributed by atoms with E-state index in [9.17, 15) is 14.7 Å². The fraction of sp³-hybridized carbons (Fsp3) is 0.652. The molecule has 0 spiro atoms. The van der Waals surface area contributed by atoms with Crippen LogP contribution in [0.2, 0.25) is 0 Å². The van der Waals surface area contributed by atoms with Crippen LogP contribution in [0, 0.1) is 17.8 Å². The van der Waals surface area contributed by atoms with Gasteiger partial charge in [-0.3, -0.25) is 9.59 Å². The van der Waals surface area contributed by atoms with Crippen molar-refractivity contribution in [3.05, 3.63) is 29.8 Å². The fourth-order valence-electron chi connectivity index (χ4n) is 6.39. The summed E-state index contributed by atoms with van der Waals surface area (Å²) in [5.74, 6) is 2.21. The fourth-order valence-corrected chi connectivity index (χ4v) is 6.39. The maximum atomic E-state index is 12.9. The normalized spacial score (nSPS) is 35.2. The molecule has 1 heterocycles. The predicted octanol–water partition coefficient (Wildman–Crippen LogP) is 2.36. The molecule has 5 aliphatic rings. The quantitative estimate of drug-likeness (QED) is 0.771. The first-order valence-electron chi connectivity index (χ1n) is 11.0. The molecule has 4 saturated carbocycles. The highest BCUT2D eigenvalue weighted by Gasteiger charge is 2.55. The number of rotatable bonds is 6. The Hall–Kier alpha value is -2.08. The number of benzene rings is 1. The maximum absolute atomic E-state index is 12.9. The van der Waals surface area contributed by atoms with Gasteiger partial charge >= 0.3 is 0 Å². The molecule has 5 fully saturated rings. The van der Waals surface area contributed by atoms with Crippen molar-refractivity contribution in [1.29, 1.82) is 0 Å². The minimum Gasteiger partial charge on any atom is -0.492 e. The highest BCUT2D eigenvalue weighted by Crippen LogP contribution is 2.55. The molecule has 29 heavy (non-hydrogen) atoms. The summed E-state index contributed by atoms with van der Waals surface area (Å²) in [4.78, 5) is 26.4. The number of amides is 2. The van der Waals surface area contributed by atoms with E-state index in [4.69, 9.17) is 4.74 Å². The highest BCUT2D eigenvalue weighted by atomic mass is 16.5. The number of carbonyl (C=O) groups excluding carboxylic acids is 2. The van der Waals surface area contributed by atoms with Gasteiger partial charge in [0.2, 0.25) is 5.91 Å². The summed E-state index contributed by atoms with van der Waals surface area (Å²) in [5, 5.41) is 14.0. The molecular weight excluding hydrogens is 368 g/mol. The van der Waals surface area contributed by atoms with E-state index in [2.05, 4.69) is 5.32 Å². The number of nitrogens with one attached hydrogen (secondary N) is 1. The largest absolute Gasteiger partial charge is 0.492 e. The van der Waals surface area contributed by atoms with E-state index in [1.165, 1.54) is 0 Å². The molecule has 2 amide bonds. The van der Waals surface area contributed by atoms with Gasteiger partial charge in [0.05, 0.1) is 12.1 Å². The molecule has 1 aromatic rings. The van der Waals surface area contributed by atoms with Crippen molar-refractivity contribution in [3.8, 4) is 5.75 Å². The van der Waals surface area contributed by atoms with Crippen LogP contribution in [0.4, 0.5) is 0 Å². The summed E-state index contributed by atoms with van der Waals surface area (Å²) in [7, 11) is 0. The van der Waals surface area contributed by atoms with Crippen LogP contribution < -0.4 is 10.1 Å². The predicted molar refractivity (Wildman–Crippen MR) is 108 cm³/mol. The van der Waals surface area contributed by atoms with Crippen LogP contribution in [0.3, 0.4) is 0 Å². The van der Waals surface area contributed by atoms with Crippen LogP contribution in [-0.2, 0) is 4.79 Å². The number of aliphatic hydroxyl groups is 1. The number of ether oxygens (including phenoxy) is 1. The van der Waals surface area contributed by atoms with Crippen LogP contribution in [0.5, 0.6) is 5.75 Å². The van der Waals surface area contributed by atoms with Gasteiger partial charge in [0.15, 0.2) is 0 Å². The zero-order valence-corrected chi connectivity index (χ0v) is 16.8. The molecule has 2 atom stereocenters. The Bertz CT molecular complexity index is 794. The van der Waals surface area contributed by atoms with Gasteiger partial charge in [-0.25, -0.2) is 0 Å². The van der Waals surface area contributed by atoms with Gasteiger partial charge in [-0.15, -0.1) is 0 Å². The molecule has 6 rings (SSSR count). The van der Waals surface area contributed by atoms with Crippen LogP contribution in [0.15, 0.2) is 24.3 Å². The zero-order chi connectivity index (χ0) is 20.0. The van der Waals surface area contributed by atoms with Gasteiger partial charge in [0.1, 0.15) is 12.4 Å². The van der Waals surface area contributed by atoms with Crippen LogP contribution in [0.25, 0.3) is 0 Å². The summed E-state index contributed by atoms with van der Waals surface area (Å²) >= 11 is 0. The number of hydrogen-bond donors (Lipinski definition) is 2. The molecule has 0 radical (unpaired) electrons. The average molecular weight is 399 g/mol. The number of carbonyl (C=O) groups is 2. The second-order valence-corrected chi connectivity index (χ2v) is 9.55. The molecule has 1 saturated heterocycles. The van der Waals surface area contributed by atoms with Crippen molar-refractivity contribution in [2.45, 2.75) is 56.6 Å². The van der Waals surface area contributed by atoms with E-state index in [0.717, 1.165) is 45.1 Å². The number of hydrogen-bond acceptors (Lipinski definition) is 4. The Morgan fingerprint density at radius 2 is 2.03 bits per heavy atom. The van der Waals surface area contributed by atoms with E-state index in [1.54, 1.807) is 6.07 Å². The van der Waals surface area contributed by atoms with Gasteiger partial charge in [0, 0.05) is 24.6 Å². The third kappa shape index (κ3) is 3.75. The molecule has 156 valence electrons. The lowest BCUT2D eigenvalue weighted by Gasteiger charge is -2.58. The molecule has 2 N–H and O–H groups in total. The van der Waals surface area contributed by atoms with Gasteiger partial charge in [-0.1, -0.05) is 6.07 Å². The Morgan fingerprint density at radius 1 is 1.24 bits per heavy atom. The topological polar surface area (TPSA) is 78.9 Å². The molecule has 2 unspecified atom stereocenters. The summed E-state index contributed by atoms with van der Waals surface area (Å²) in [5.41, 5.74) is 0.120. The van der Waals surface area contributed by atoms with Gasteiger partial charge in [-0.05, 0) is 74.5 Å². The molecule has 4 aliphatic carbocycles. The van der Waals surface area contributed by atoms with Crippen molar-refractivity contribution < 1.29 is 19.4 Å². The van der Waals surface area contributed by atoms with Gasteiger partial charge < -0.3 is 20.1 Å². The molecule has 1 aliphatic heterocycles. The smallest absolute Gasteiger partial charge is 0.251 e. The zero-order valence-electron chi connectivity index (χ0n) is 16.8.